The van der Waals surface area contributed by atoms with Crippen LogP contribution in [0.2, 0.25) is 0 Å². The number of carbonyl (C=O) groups is 1. The summed E-state index contributed by atoms with van der Waals surface area (Å²) in [7, 11) is -0.601. The van der Waals surface area contributed by atoms with E-state index in [1.807, 2.05) is 0 Å². The molecule has 1 fully saturated rings. The minimum Gasteiger partial charge on any atom is -0.497 e. The summed E-state index contributed by atoms with van der Waals surface area (Å²) in [5.41, 5.74) is 0.884. The molecule has 1 saturated carbocycles. The molecule has 0 heterocycles. The van der Waals surface area contributed by atoms with Gasteiger partial charge in [0, 0.05) is 18.8 Å². The first-order valence-corrected chi connectivity index (χ1v) is 9.39. The molecular formula is C18H20N2O4S. The van der Waals surface area contributed by atoms with Crippen LogP contribution in [-0.4, -0.2) is 28.5 Å². The van der Waals surface area contributed by atoms with Gasteiger partial charge in [0.1, 0.15) is 5.75 Å². The number of amides is 1. The summed E-state index contributed by atoms with van der Waals surface area (Å²) in [6.45, 7) is 0. The number of sulfonamides is 1. The van der Waals surface area contributed by atoms with Gasteiger partial charge in [-0.1, -0.05) is 18.2 Å². The summed E-state index contributed by atoms with van der Waals surface area (Å²) < 4.78 is 32.6. The molecule has 0 atom stereocenters. The van der Waals surface area contributed by atoms with Crippen LogP contribution < -0.4 is 14.8 Å². The molecule has 2 aromatic rings. The Balaban J connectivity index is 1.80. The Bertz CT molecular complexity index is 888. The van der Waals surface area contributed by atoms with E-state index in [0.29, 0.717) is 11.4 Å². The van der Waals surface area contributed by atoms with Crippen LogP contribution in [0.25, 0.3) is 0 Å². The molecule has 25 heavy (non-hydrogen) atoms. The normalized spacial score (nSPS) is 15.3. The second-order valence-corrected chi connectivity index (χ2v) is 7.71. The van der Waals surface area contributed by atoms with Gasteiger partial charge in [0.05, 0.1) is 17.4 Å². The average molecular weight is 360 g/mol. The molecule has 7 heteroatoms. The first kappa shape index (κ1) is 17.3. The third-order valence-corrected chi connectivity index (χ3v) is 5.83. The van der Waals surface area contributed by atoms with Gasteiger partial charge < -0.3 is 10.1 Å². The Hall–Kier alpha value is -2.54. The molecule has 0 saturated heterocycles. The molecule has 0 spiro atoms. The Morgan fingerprint density at radius 2 is 1.80 bits per heavy atom. The van der Waals surface area contributed by atoms with E-state index in [9.17, 15) is 13.2 Å². The second kappa shape index (κ2) is 6.40. The molecule has 0 aliphatic heterocycles. The molecule has 0 radical (unpaired) electrons. The number of nitrogens with one attached hydrogen (secondary N) is 2. The lowest BCUT2D eigenvalue weighted by atomic mass is 9.95. The van der Waals surface area contributed by atoms with Crippen LogP contribution in [0.5, 0.6) is 5.75 Å². The predicted octanol–water partition coefficient (Wildman–Crippen LogP) is 2.27. The number of carbonyl (C=O) groups excluding carboxylic acids is 1. The molecule has 2 N–H and O–H groups in total. The zero-order valence-electron chi connectivity index (χ0n) is 14.1. The maximum absolute atomic E-state index is 12.5. The van der Waals surface area contributed by atoms with E-state index in [1.54, 1.807) is 43.4 Å². The molecule has 1 aliphatic rings. The van der Waals surface area contributed by atoms with Crippen molar-refractivity contribution in [3.05, 3.63) is 54.1 Å². The predicted molar refractivity (Wildman–Crippen MR) is 95.2 cm³/mol. The molecule has 2 aromatic carbocycles. The molecule has 1 aliphatic carbocycles. The first-order chi connectivity index (χ1) is 11.9. The van der Waals surface area contributed by atoms with Crippen molar-refractivity contribution < 1.29 is 17.9 Å². The van der Waals surface area contributed by atoms with E-state index in [1.165, 1.54) is 19.2 Å². The van der Waals surface area contributed by atoms with Crippen LogP contribution in [0.1, 0.15) is 18.4 Å². The summed E-state index contributed by atoms with van der Waals surface area (Å²) in [6.07, 6.45) is 1.61. The van der Waals surface area contributed by atoms with E-state index in [-0.39, 0.29) is 10.8 Å². The Labute approximate surface area is 147 Å². The lowest BCUT2D eigenvalue weighted by Gasteiger charge is -2.15. The largest absolute Gasteiger partial charge is 0.497 e. The number of hydrogen-bond acceptors (Lipinski definition) is 4. The van der Waals surface area contributed by atoms with Crippen LogP contribution in [0.4, 0.5) is 5.69 Å². The summed E-state index contributed by atoms with van der Waals surface area (Å²) in [4.78, 5) is 12.1. The van der Waals surface area contributed by atoms with Crippen molar-refractivity contribution in [1.29, 1.82) is 0 Å². The molecule has 0 aromatic heterocycles. The SMILES string of the molecule is CNC(=O)C1(c2ccc(NS(=O)(=O)c3cccc(OC)c3)cc2)CC1. The fraction of sp³-hybridized carbons (Fsp3) is 0.278. The number of hydrogen-bond donors (Lipinski definition) is 2. The minimum atomic E-state index is -3.71. The van der Waals surface area contributed by atoms with Gasteiger partial charge in [0.2, 0.25) is 5.91 Å². The van der Waals surface area contributed by atoms with Gasteiger partial charge >= 0.3 is 0 Å². The van der Waals surface area contributed by atoms with Crippen molar-refractivity contribution in [3.8, 4) is 5.75 Å². The fourth-order valence-electron chi connectivity index (χ4n) is 2.85. The Kier molecular flexibility index (Phi) is 4.43. The summed E-state index contributed by atoms with van der Waals surface area (Å²) in [5.74, 6) is 0.469. The summed E-state index contributed by atoms with van der Waals surface area (Å²) >= 11 is 0. The number of likely N-dealkylation sites (N-methyl/N-ethyl adjacent to an activating group) is 1. The van der Waals surface area contributed by atoms with Crippen LogP contribution in [-0.2, 0) is 20.2 Å². The van der Waals surface area contributed by atoms with Crippen molar-refractivity contribution in [2.24, 2.45) is 0 Å². The van der Waals surface area contributed by atoms with Gasteiger partial charge in [0.15, 0.2) is 0 Å². The number of ether oxygens (including phenoxy) is 1. The average Bonchev–Trinajstić information content (AvgIpc) is 3.43. The number of benzene rings is 2. The molecule has 3 rings (SSSR count). The molecule has 0 bridgehead atoms. The lowest BCUT2D eigenvalue weighted by molar-refractivity contribution is -0.123. The van der Waals surface area contributed by atoms with Crippen LogP contribution >= 0.6 is 0 Å². The minimum absolute atomic E-state index is 0.00258. The van der Waals surface area contributed by atoms with E-state index in [0.717, 1.165) is 18.4 Å². The van der Waals surface area contributed by atoms with Gasteiger partial charge in [-0.05, 0) is 42.7 Å². The Morgan fingerprint density at radius 1 is 1.12 bits per heavy atom. The van der Waals surface area contributed by atoms with E-state index in [4.69, 9.17) is 4.74 Å². The van der Waals surface area contributed by atoms with Crippen molar-refractivity contribution in [3.63, 3.8) is 0 Å². The summed E-state index contributed by atoms with van der Waals surface area (Å²) in [5, 5.41) is 2.69. The zero-order valence-corrected chi connectivity index (χ0v) is 14.9. The van der Waals surface area contributed by atoms with Crippen molar-refractivity contribution >= 4 is 21.6 Å². The quantitative estimate of drug-likeness (QED) is 0.828. The highest BCUT2D eigenvalue weighted by atomic mass is 32.2. The van der Waals surface area contributed by atoms with Crippen molar-refractivity contribution in [2.75, 3.05) is 18.9 Å². The highest BCUT2D eigenvalue weighted by molar-refractivity contribution is 7.92. The topological polar surface area (TPSA) is 84.5 Å². The van der Waals surface area contributed by atoms with Crippen molar-refractivity contribution in [1.82, 2.24) is 5.32 Å². The number of anilines is 1. The maximum atomic E-state index is 12.5. The molecule has 1 amide bonds. The van der Waals surface area contributed by atoms with Crippen LogP contribution in [0, 0.1) is 0 Å². The summed E-state index contributed by atoms with van der Waals surface area (Å²) in [6, 6.07) is 13.2. The van der Waals surface area contributed by atoms with Crippen molar-refractivity contribution in [2.45, 2.75) is 23.2 Å². The fourth-order valence-corrected chi connectivity index (χ4v) is 3.94. The standard InChI is InChI=1S/C18H20N2O4S/c1-19-17(21)18(10-11-18)13-6-8-14(9-7-13)20-25(22,23)16-5-3-4-15(12-16)24-2/h3-9,12,20H,10-11H2,1-2H3,(H,19,21). The van der Waals surface area contributed by atoms with Gasteiger partial charge in [-0.25, -0.2) is 8.42 Å². The highest BCUT2D eigenvalue weighted by Gasteiger charge is 2.50. The smallest absolute Gasteiger partial charge is 0.262 e. The molecular weight excluding hydrogens is 340 g/mol. The lowest BCUT2D eigenvalue weighted by Crippen LogP contribution is -2.31. The third-order valence-electron chi connectivity index (χ3n) is 4.45. The Morgan fingerprint density at radius 3 is 2.36 bits per heavy atom. The van der Waals surface area contributed by atoms with Gasteiger partial charge in [0.25, 0.3) is 10.0 Å². The van der Waals surface area contributed by atoms with E-state index in [2.05, 4.69) is 10.0 Å². The highest BCUT2D eigenvalue weighted by Crippen LogP contribution is 2.48. The van der Waals surface area contributed by atoms with Gasteiger partial charge in [-0.3, -0.25) is 9.52 Å². The van der Waals surface area contributed by atoms with Gasteiger partial charge in [-0.15, -0.1) is 0 Å². The second-order valence-electron chi connectivity index (χ2n) is 6.02. The van der Waals surface area contributed by atoms with Crippen LogP contribution in [0.15, 0.2) is 53.4 Å². The maximum Gasteiger partial charge on any atom is 0.262 e. The first-order valence-electron chi connectivity index (χ1n) is 7.91. The molecule has 132 valence electrons. The van der Waals surface area contributed by atoms with Gasteiger partial charge in [-0.2, -0.15) is 0 Å². The number of methoxy groups -OCH3 is 1. The monoisotopic (exact) mass is 360 g/mol. The molecule has 0 unspecified atom stereocenters. The van der Waals surface area contributed by atoms with E-state index < -0.39 is 15.4 Å². The third kappa shape index (κ3) is 3.32. The van der Waals surface area contributed by atoms with E-state index >= 15 is 0 Å². The number of rotatable bonds is 6. The van der Waals surface area contributed by atoms with Crippen LogP contribution in [0.3, 0.4) is 0 Å². The zero-order chi connectivity index (χ0) is 18.1. The molecule has 6 nitrogen and oxygen atoms in total.